The Bertz CT molecular complexity index is 637. The maximum atomic E-state index is 12.7. The van der Waals surface area contributed by atoms with Crippen LogP contribution in [0.25, 0.3) is 0 Å². The van der Waals surface area contributed by atoms with E-state index in [2.05, 4.69) is 19.2 Å². The standard InChI is InChI=1S/C16H18ClNO2S/c1-10(2)9-18-16-12(8-14(17)21-16)15(19)11-6-4-5-7-13(11)20-3/h4-8,10,18H,9H2,1-3H3. The molecular weight excluding hydrogens is 306 g/mol. The molecule has 2 rings (SSSR count). The molecule has 0 aliphatic rings. The molecule has 21 heavy (non-hydrogen) atoms. The van der Waals surface area contributed by atoms with Crippen LogP contribution in [-0.4, -0.2) is 19.4 Å². The molecule has 5 heteroatoms. The number of ketones is 1. The van der Waals surface area contributed by atoms with Crippen molar-refractivity contribution in [1.29, 1.82) is 0 Å². The number of nitrogens with one attached hydrogen (secondary N) is 1. The van der Waals surface area contributed by atoms with E-state index in [1.807, 2.05) is 12.1 Å². The molecule has 0 aliphatic carbocycles. The average molecular weight is 324 g/mol. The molecule has 0 unspecified atom stereocenters. The normalized spacial score (nSPS) is 10.7. The van der Waals surface area contributed by atoms with Crippen LogP contribution >= 0.6 is 22.9 Å². The fourth-order valence-electron chi connectivity index (χ4n) is 1.94. The summed E-state index contributed by atoms with van der Waals surface area (Å²) in [7, 11) is 1.56. The van der Waals surface area contributed by atoms with Crippen LogP contribution in [0.5, 0.6) is 5.75 Å². The Morgan fingerprint density at radius 1 is 1.33 bits per heavy atom. The second-order valence-electron chi connectivity index (χ2n) is 5.10. The number of ether oxygens (including phenoxy) is 1. The minimum absolute atomic E-state index is 0.0816. The van der Waals surface area contributed by atoms with Crippen molar-refractivity contribution in [2.75, 3.05) is 19.0 Å². The van der Waals surface area contributed by atoms with Gasteiger partial charge in [-0.1, -0.05) is 37.6 Å². The van der Waals surface area contributed by atoms with Gasteiger partial charge in [-0.05, 0) is 24.1 Å². The summed E-state index contributed by atoms with van der Waals surface area (Å²) in [6.07, 6.45) is 0. The lowest BCUT2D eigenvalue weighted by Crippen LogP contribution is -2.10. The van der Waals surface area contributed by atoms with Gasteiger partial charge in [0, 0.05) is 6.54 Å². The first-order valence-electron chi connectivity index (χ1n) is 6.73. The molecule has 1 heterocycles. The number of methoxy groups -OCH3 is 1. The van der Waals surface area contributed by atoms with Crippen LogP contribution in [0, 0.1) is 5.92 Å². The predicted molar refractivity (Wildman–Crippen MR) is 89.1 cm³/mol. The lowest BCUT2D eigenvalue weighted by Gasteiger charge is -2.10. The van der Waals surface area contributed by atoms with Gasteiger partial charge in [0.2, 0.25) is 0 Å². The van der Waals surface area contributed by atoms with Crippen LogP contribution < -0.4 is 10.1 Å². The minimum atomic E-state index is -0.0816. The van der Waals surface area contributed by atoms with Gasteiger partial charge < -0.3 is 10.1 Å². The maximum Gasteiger partial charge on any atom is 0.199 e. The van der Waals surface area contributed by atoms with Crippen LogP contribution in [0.1, 0.15) is 29.8 Å². The molecule has 2 aromatic rings. The highest BCUT2D eigenvalue weighted by Crippen LogP contribution is 2.34. The van der Waals surface area contributed by atoms with Crippen LogP contribution in [-0.2, 0) is 0 Å². The Hall–Kier alpha value is -1.52. The number of hydrogen-bond acceptors (Lipinski definition) is 4. The van der Waals surface area contributed by atoms with Gasteiger partial charge in [-0.15, -0.1) is 11.3 Å². The summed E-state index contributed by atoms with van der Waals surface area (Å²) < 4.78 is 5.86. The molecule has 0 saturated heterocycles. The minimum Gasteiger partial charge on any atom is -0.496 e. The summed E-state index contributed by atoms with van der Waals surface area (Å²) in [6, 6.07) is 8.92. The summed E-state index contributed by atoms with van der Waals surface area (Å²) in [4.78, 5) is 12.7. The molecule has 0 aliphatic heterocycles. The van der Waals surface area contributed by atoms with E-state index in [-0.39, 0.29) is 5.78 Å². The molecule has 0 bridgehead atoms. The highest BCUT2D eigenvalue weighted by molar-refractivity contribution is 7.20. The highest BCUT2D eigenvalue weighted by atomic mass is 35.5. The summed E-state index contributed by atoms with van der Waals surface area (Å²) in [6.45, 7) is 5.02. The first-order chi connectivity index (χ1) is 10.0. The second-order valence-corrected chi connectivity index (χ2v) is 6.78. The summed E-state index contributed by atoms with van der Waals surface area (Å²) in [5.41, 5.74) is 1.14. The average Bonchev–Trinajstić information content (AvgIpc) is 2.85. The smallest absolute Gasteiger partial charge is 0.199 e. The van der Waals surface area contributed by atoms with E-state index in [0.717, 1.165) is 11.5 Å². The number of anilines is 1. The summed E-state index contributed by atoms with van der Waals surface area (Å²) in [5.74, 6) is 0.974. The van der Waals surface area contributed by atoms with Gasteiger partial charge in [-0.3, -0.25) is 4.79 Å². The monoisotopic (exact) mass is 323 g/mol. The number of rotatable bonds is 6. The third-order valence-electron chi connectivity index (χ3n) is 2.97. The Kier molecular flexibility index (Phi) is 5.26. The number of halogens is 1. The molecule has 0 fully saturated rings. The van der Waals surface area contributed by atoms with E-state index in [9.17, 15) is 4.79 Å². The van der Waals surface area contributed by atoms with E-state index in [0.29, 0.717) is 27.1 Å². The number of para-hydroxylation sites is 1. The molecule has 1 aromatic heterocycles. The Balaban J connectivity index is 2.34. The zero-order valence-electron chi connectivity index (χ0n) is 12.3. The molecule has 0 radical (unpaired) electrons. The second kappa shape index (κ2) is 6.96. The largest absolute Gasteiger partial charge is 0.496 e. The Morgan fingerprint density at radius 2 is 2.05 bits per heavy atom. The molecular formula is C16H18ClNO2S. The Morgan fingerprint density at radius 3 is 2.71 bits per heavy atom. The topological polar surface area (TPSA) is 38.3 Å². The molecule has 1 N–H and O–H groups in total. The van der Waals surface area contributed by atoms with Gasteiger partial charge in [0.15, 0.2) is 5.78 Å². The van der Waals surface area contributed by atoms with Gasteiger partial charge in [0.1, 0.15) is 10.8 Å². The molecule has 0 saturated carbocycles. The van der Waals surface area contributed by atoms with Crippen molar-refractivity contribution >= 4 is 33.7 Å². The van der Waals surface area contributed by atoms with Crippen molar-refractivity contribution in [2.24, 2.45) is 5.92 Å². The van der Waals surface area contributed by atoms with Crippen molar-refractivity contribution in [3.63, 3.8) is 0 Å². The number of carbonyl (C=O) groups is 1. The third kappa shape index (κ3) is 3.77. The fraction of sp³-hybridized carbons (Fsp3) is 0.312. The van der Waals surface area contributed by atoms with Crippen molar-refractivity contribution in [3.05, 3.63) is 45.8 Å². The molecule has 0 amide bonds. The zero-order valence-corrected chi connectivity index (χ0v) is 13.8. The van der Waals surface area contributed by atoms with Crippen molar-refractivity contribution in [1.82, 2.24) is 0 Å². The summed E-state index contributed by atoms with van der Waals surface area (Å²) in [5, 5.41) is 4.10. The molecule has 3 nitrogen and oxygen atoms in total. The highest BCUT2D eigenvalue weighted by Gasteiger charge is 2.20. The number of carbonyl (C=O) groups excluding carboxylic acids is 1. The Labute approximate surface area is 133 Å². The maximum absolute atomic E-state index is 12.7. The van der Waals surface area contributed by atoms with E-state index < -0.39 is 0 Å². The van der Waals surface area contributed by atoms with Crippen molar-refractivity contribution in [2.45, 2.75) is 13.8 Å². The lowest BCUT2D eigenvalue weighted by molar-refractivity contribution is 0.103. The first kappa shape index (κ1) is 15.9. The summed E-state index contributed by atoms with van der Waals surface area (Å²) >= 11 is 7.47. The fourth-order valence-corrected chi connectivity index (χ4v) is 3.06. The molecule has 1 aromatic carbocycles. The van der Waals surface area contributed by atoms with Gasteiger partial charge >= 0.3 is 0 Å². The predicted octanol–water partition coefficient (Wildman–Crippen LogP) is 4.71. The van der Waals surface area contributed by atoms with Crippen LogP contribution in [0.15, 0.2) is 30.3 Å². The van der Waals surface area contributed by atoms with E-state index in [4.69, 9.17) is 16.3 Å². The van der Waals surface area contributed by atoms with E-state index >= 15 is 0 Å². The number of benzene rings is 1. The van der Waals surface area contributed by atoms with Crippen LogP contribution in [0.4, 0.5) is 5.00 Å². The number of hydrogen-bond donors (Lipinski definition) is 1. The first-order valence-corrected chi connectivity index (χ1v) is 7.93. The van der Waals surface area contributed by atoms with Crippen molar-refractivity contribution < 1.29 is 9.53 Å². The quantitative estimate of drug-likeness (QED) is 0.782. The molecule has 0 spiro atoms. The van der Waals surface area contributed by atoms with Crippen LogP contribution in [0.3, 0.4) is 0 Å². The number of thiophene rings is 1. The van der Waals surface area contributed by atoms with Crippen molar-refractivity contribution in [3.8, 4) is 5.75 Å². The lowest BCUT2D eigenvalue weighted by atomic mass is 10.0. The SMILES string of the molecule is COc1ccccc1C(=O)c1cc(Cl)sc1NCC(C)C. The van der Waals surface area contributed by atoms with Crippen LogP contribution in [0.2, 0.25) is 4.34 Å². The zero-order chi connectivity index (χ0) is 15.4. The van der Waals surface area contributed by atoms with E-state index in [1.165, 1.54) is 11.3 Å². The molecule has 0 atom stereocenters. The van der Waals surface area contributed by atoms with Gasteiger partial charge in [0.25, 0.3) is 0 Å². The van der Waals surface area contributed by atoms with Gasteiger partial charge in [-0.25, -0.2) is 0 Å². The molecule has 112 valence electrons. The van der Waals surface area contributed by atoms with E-state index in [1.54, 1.807) is 25.3 Å². The van der Waals surface area contributed by atoms with Gasteiger partial charge in [-0.2, -0.15) is 0 Å². The van der Waals surface area contributed by atoms with Gasteiger partial charge in [0.05, 0.1) is 22.6 Å². The third-order valence-corrected chi connectivity index (χ3v) is 4.19.